The minimum Gasteiger partial charge on any atom is -0.313 e. The molecule has 0 spiro atoms. The van der Waals surface area contributed by atoms with Crippen LogP contribution < -0.4 is 5.32 Å². The highest BCUT2D eigenvalue weighted by atomic mass is 19.1. The Kier molecular flexibility index (Phi) is 5.47. The molecule has 1 atom stereocenters. The van der Waals surface area contributed by atoms with Gasteiger partial charge in [0.15, 0.2) is 0 Å². The molecule has 1 heterocycles. The predicted octanol–water partition coefficient (Wildman–Crippen LogP) is 2.34. The number of nitrogens with zero attached hydrogens (tertiary/aromatic N) is 3. The maximum absolute atomic E-state index is 13.8. The Hall–Kier alpha value is -1.72. The van der Waals surface area contributed by atoms with Gasteiger partial charge in [-0.15, -0.1) is 0 Å². The fourth-order valence-electron chi connectivity index (χ4n) is 2.51. The molecular formula is C16H23FN4. The molecule has 0 radical (unpaired) electrons. The SMILES string of the molecule is CNC(CCN(C)Cc1cnn(C)c1)c1ccccc1F. The van der Waals surface area contributed by atoms with Crippen LogP contribution in [0.3, 0.4) is 0 Å². The summed E-state index contributed by atoms with van der Waals surface area (Å²) >= 11 is 0. The number of hydrogen-bond acceptors (Lipinski definition) is 3. The molecule has 5 heteroatoms. The lowest BCUT2D eigenvalue weighted by molar-refractivity contribution is 0.302. The number of halogens is 1. The van der Waals surface area contributed by atoms with Gasteiger partial charge in [0.1, 0.15) is 5.82 Å². The van der Waals surface area contributed by atoms with Crippen molar-refractivity contribution in [3.63, 3.8) is 0 Å². The number of aryl methyl sites for hydroxylation is 1. The smallest absolute Gasteiger partial charge is 0.127 e. The topological polar surface area (TPSA) is 33.1 Å². The second-order valence-corrected chi connectivity index (χ2v) is 5.41. The molecule has 1 unspecified atom stereocenters. The molecule has 0 saturated carbocycles. The molecule has 4 nitrogen and oxygen atoms in total. The van der Waals surface area contributed by atoms with E-state index in [2.05, 4.69) is 22.4 Å². The van der Waals surface area contributed by atoms with Crippen LogP contribution in [-0.2, 0) is 13.6 Å². The van der Waals surface area contributed by atoms with E-state index >= 15 is 0 Å². The monoisotopic (exact) mass is 290 g/mol. The largest absolute Gasteiger partial charge is 0.313 e. The van der Waals surface area contributed by atoms with Gasteiger partial charge in [-0.1, -0.05) is 18.2 Å². The fourth-order valence-corrected chi connectivity index (χ4v) is 2.51. The van der Waals surface area contributed by atoms with Crippen molar-refractivity contribution in [2.45, 2.75) is 19.0 Å². The summed E-state index contributed by atoms with van der Waals surface area (Å²) in [4.78, 5) is 2.22. The van der Waals surface area contributed by atoms with Crippen molar-refractivity contribution in [2.75, 3.05) is 20.6 Å². The summed E-state index contributed by atoms with van der Waals surface area (Å²) in [7, 11) is 5.86. The first kappa shape index (κ1) is 15.7. The first-order chi connectivity index (χ1) is 10.1. The third kappa shape index (κ3) is 4.37. The maximum Gasteiger partial charge on any atom is 0.127 e. The van der Waals surface area contributed by atoms with E-state index in [0.29, 0.717) is 0 Å². The summed E-state index contributed by atoms with van der Waals surface area (Å²) in [5.41, 5.74) is 1.92. The summed E-state index contributed by atoms with van der Waals surface area (Å²) in [6, 6.07) is 6.99. The molecule has 0 aliphatic heterocycles. The Labute approximate surface area is 125 Å². The quantitative estimate of drug-likeness (QED) is 0.849. The van der Waals surface area contributed by atoms with Gasteiger partial charge in [0.25, 0.3) is 0 Å². The van der Waals surface area contributed by atoms with Gasteiger partial charge in [0, 0.05) is 37.0 Å². The van der Waals surface area contributed by atoms with Gasteiger partial charge in [-0.3, -0.25) is 4.68 Å². The van der Waals surface area contributed by atoms with Crippen molar-refractivity contribution in [2.24, 2.45) is 7.05 Å². The minimum atomic E-state index is -0.147. The van der Waals surface area contributed by atoms with Crippen LogP contribution in [0.2, 0.25) is 0 Å². The molecule has 0 aliphatic rings. The van der Waals surface area contributed by atoms with Crippen molar-refractivity contribution in [1.82, 2.24) is 20.0 Å². The van der Waals surface area contributed by atoms with Crippen LogP contribution in [0, 0.1) is 5.82 Å². The lowest BCUT2D eigenvalue weighted by Crippen LogP contribution is -2.25. The molecule has 1 N–H and O–H groups in total. The van der Waals surface area contributed by atoms with E-state index in [1.807, 2.05) is 38.6 Å². The molecule has 2 aromatic rings. The Morgan fingerprint density at radius 2 is 2.14 bits per heavy atom. The van der Waals surface area contributed by atoms with E-state index in [4.69, 9.17) is 0 Å². The number of nitrogens with one attached hydrogen (secondary N) is 1. The average molecular weight is 290 g/mol. The van der Waals surface area contributed by atoms with Crippen LogP contribution in [0.25, 0.3) is 0 Å². The lowest BCUT2D eigenvalue weighted by Gasteiger charge is -2.21. The summed E-state index contributed by atoms with van der Waals surface area (Å²) < 4.78 is 15.6. The molecule has 0 aliphatic carbocycles. The summed E-state index contributed by atoms with van der Waals surface area (Å²) in [6.07, 6.45) is 4.75. The second kappa shape index (κ2) is 7.33. The van der Waals surface area contributed by atoms with E-state index < -0.39 is 0 Å². The molecule has 114 valence electrons. The van der Waals surface area contributed by atoms with Crippen molar-refractivity contribution >= 4 is 0 Å². The van der Waals surface area contributed by atoms with E-state index in [1.54, 1.807) is 10.7 Å². The van der Waals surface area contributed by atoms with Crippen LogP contribution in [0.15, 0.2) is 36.7 Å². The van der Waals surface area contributed by atoms with Gasteiger partial charge in [0.2, 0.25) is 0 Å². The first-order valence-electron chi connectivity index (χ1n) is 7.18. The molecular weight excluding hydrogens is 267 g/mol. The Bertz CT molecular complexity index is 567. The van der Waals surface area contributed by atoms with Gasteiger partial charge < -0.3 is 10.2 Å². The maximum atomic E-state index is 13.8. The normalized spacial score (nSPS) is 12.8. The Morgan fingerprint density at radius 3 is 2.76 bits per heavy atom. The highest BCUT2D eigenvalue weighted by Crippen LogP contribution is 2.20. The average Bonchev–Trinajstić information content (AvgIpc) is 2.86. The first-order valence-corrected chi connectivity index (χ1v) is 7.18. The molecule has 0 fully saturated rings. The van der Waals surface area contributed by atoms with Crippen molar-refractivity contribution in [3.05, 3.63) is 53.6 Å². The fraction of sp³-hybridized carbons (Fsp3) is 0.438. The zero-order chi connectivity index (χ0) is 15.2. The third-order valence-electron chi connectivity index (χ3n) is 3.64. The third-order valence-corrected chi connectivity index (χ3v) is 3.64. The van der Waals surface area contributed by atoms with Crippen LogP contribution in [0.5, 0.6) is 0 Å². The highest BCUT2D eigenvalue weighted by molar-refractivity contribution is 5.21. The van der Waals surface area contributed by atoms with Crippen LogP contribution >= 0.6 is 0 Å². The molecule has 0 bridgehead atoms. The standard InChI is InChI=1S/C16H23FN4/c1-18-16(14-6-4-5-7-15(14)17)8-9-20(2)11-13-10-19-21(3)12-13/h4-7,10,12,16,18H,8-9,11H2,1-3H3. The zero-order valence-electron chi connectivity index (χ0n) is 12.9. The molecule has 0 saturated heterocycles. The molecule has 21 heavy (non-hydrogen) atoms. The van der Waals surface area contributed by atoms with Gasteiger partial charge in [0.05, 0.1) is 6.20 Å². The van der Waals surface area contributed by atoms with Gasteiger partial charge in [-0.05, 0) is 33.1 Å². The summed E-state index contributed by atoms with van der Waals surface area (Å²) in [5.74, 6) is -0.147. The molecule has 1 aromatic heterocycles. The van der Waals surface area contributed by atoms with E-state index in [1.165, 1.54) is 11.6 Å². The molecule has 1 aromatic carbocycles. The summed E-state index contributed by atoms with van der Waals surface area (Å²) in [5, 5.41) is 7.37. The second-order valence-electron chi connectivity index (χ2n) is 5.41. The number of rotatable bonds is 7. The lowest BCUT2D eigenvalue weighted by atomic mass is 10.0. The minimum absolute atomic E-state index is 0.0301. The van der Waals surface area contributed by atoms with Gasteiger partial charge in [-0.25, -0.2) is 4.39 Å². The number of aromatic nitrogens is 2. The van der Waals surface area contributed by atoms with Crippen LogP contribution in [-0.4, -0.2) is 35.3 Å². The van der Waals surface area contributed by atoms with Gasteiger partial charge >= 0.3 is 0 Å². The summed E-state index contributed by atoms with van der Waals surface area (Å²) in [6.45, 7) is 1.73. The highest BCUT2D eigenvalue weighted by Gasteiger charge is 2.14. The number of benzene rings is 1. The van der Waals surface area contributed by atoms with Crippen LogP contribution in [0.4, 0.5) is 4.39 Å². The Morgan fingerprint density at radius 1 is 1.38 bits per heavy atom. The van der Waals surface area contributed by atoms with Gasteiger partial charge in [-0.2, -0.15) is 5.10 Å². The zero-order valence-corrected chi connectivity index (χ0v) is 12.9. The van der Waals surface area contributed by atoms with Crippen molar-refractivity contribution in [3.8, 4) is 0 Å². The van der Waals surface area contributed by atoms with E-state index in [-0.39, 0.29) is 11.9 Å². The predicted molar refractivity (Wildman–Crippen MR) is 82.4 cm³/mol. The molecule has 2 rings (SSSR count). The number of hydrogen-bond donors (Lipinski definition) is 1. The van der Waals surface area contributed by atoms with Crippen molar-refractivity contribution < 1.29 is 4.39 Å². The Balaban J connectivity index is 1.89. The van der Waals surface area contributed by atoms with Crippen molar-refractivity contribution in [1.29, 1.82) is 0 Å². The van der Waals surface area contributed by atoms with Crippen LogP contribution in [0.1, 0.15) is 23.6 Å². The van der Waals surface area contributed by atoms with E-state index in [9.17, 15) is 4.39 Å². The van der Waals surface area contributed by atoms with E-state index in [0.717, 1.165) is 25.1 Å². The molecule has 0 amide bonds.